The van der Waals surface area contributed by atoms with E-state index in [4.69, 9.17) is 9.72 Å². The highest BCUT2D eigenvalue weighted by Gasteiger charge is 2.34. The fourth-order valence-electron chi connectivity index (χ4n) is 3.71. The minimum atomic E-state index is -0.232. The van der Waals surface area contributed by atoms with E-state index in [2.05, 4.69) is 13.8 Å². The van der Waals surface area contributed by atoms with E-state index in [1.807, 2.05) is 18.7 Å². The lowest BCUT2D eigenvalue weighted by atomic mass is 9.88. The van der Waals surface area contributed by atoms with Gasteiger partial charge in [0.05, 0.1) is 17.5 Å². The zero-order chi connectivity index (χ0) is 15.9. The van der Waals surface area contributed by atoms with Gasteiger partial charge in [-0.1, -0.05) is 0 Å². The molecule has 120 valence electrons. The number of aryl methyl sites for hydroxylation is 2. The van der Waals surface area contributed by atoms with Gasteiger partial charge in [-0.15, -0.1) is 0 Å². The van der Waals surface area contributed by atoms with Gasteiger partial charge in [-0.2, -0.15) is 0 Å². The SMILES string of the molecule is Cc1c2c(nc3c1N(C(=O)OC(C)C)C(C)CC3)CCCC2. The van der Waals surface area contributed by atoms with Crippen molar-refractivity contribution in [3.8, 4) is 0 Å². The number of nitrogens with zero attached hydrogens (tertiary/aromatic N) is 2. The van der Waals surface area contributed by atoms with Gasteiger partial charge >= 0.3 is 6.09 Å². The third kappa shape index (κ3) is 2.59. The first kappa shape index (κ1) is 15.3. The summed E-state index contributed by atoms with van der Waals surface area (Å²) >= 11 is 0. The molecule has 0 fully saturated rings. The molecule has 0 spiro atoms. The maximum absolute atomic E-state index is 12.6. The molecule has 3 rings (SSSR count). The maximum atomic E-state index is 12.6. The summed E-state index contributed by atoms with van der Waals surface area (Å²) in [4.78, 5) is 19.3. The van der Waals surface area contributed by atoms with Crippen molar-refractivity contribution < 1.29 is 9.53 Å². The van der Waals surface area contributed by atoms with Crippen molar-refractivity contribution in [1.29, 1.82) is 0 Å². The van der Waals surface area contributed by atoms with Crippen LogP contribution in [-0.2, 0) is 24.0 Å². The van der Waals surface area contributed by atoms with E-state index in [9.17, 15) is 4.79 Å². The van der Waals surface area contributed by atoms with Crippen molar-refractivity contribution in [1.82, 2.24) is 4.98 Å². The molecule has 2 heterocycles. The molecule has 0 aromatic carbocycles. The number of rotatable bonds is 1. The van der Waals surface area contributed by atoms with Gasteiger partial charge in [-0.3, -0.25) is 9.88 Å². The van der Waals surface area contributed by atoms with Crippen LogP contribution in [-0.4, -0.2) is 23.2 Å². The molecule has 2 aliphatic rings. The smallest absolute Gasteiger partial charge is 0.414 e. The van der Waals surface area contributed by atoms with Crippen LogP contribution in [0.3, 0.4) is 0 Å². The Morgan fingerprint density at radius 1 is 1.23 bits per heavy atom. The molecule has 1 atom stereocenters. The molecule has 1 amide bonds. The van der Waals surface area contributed by atoms with Crippen molar-refractivity contribution in [3.05, 3.63) is 22.5 Å². The number of hydrogen-bond acceptors (Lipinski definition) is 3. The summed E-state index contributed by atoms with van der Waals surface area (Å²) in [5, 5.41) is 0. The zero-order valence-electron chi connectivity index (χ0n) is 14.1. The highest BCUT2D eigenvalue weighted by Crippen LogP contribution is 2.38. The second kappa shape index (κ2) is 5.90. The van der Waals surface area contributed by atoms with Crippen LogP contribution in [0, 0.1) is 6.92 Å². The molecule has 0 saturated heterocycles. The first-order valence-electron chi connectivity index (χ1n) is 8.50. The van der Waals surface area contributed by atoms with Crippen LogP contribution in [0.2, 0.25) is 0 Å². The summed E-state index contributed by atoms with van der Waals surface area (Å²) in [7, 11) is 0. The van der Waals surface area contributed by atoms with Crippen molar-refractivity contribution in [2.24, 2.45) is 0 Å². The average Bonchev–Trinajstić information content (AvgIpc) is 2.47. The van der Waals surface area contributed by atoms with Crippen LogP contribution in [0.5, 0.6) is 0 Å². The minimum Gasteiger partial charge on any atom is -0.446 e. The molecule has 1 aromatic heterocycles. The molecule has 0 bridgehead atoms. The number of pyridine rings is 1. The topological polar surface area (TPSA) is 42.4 Å². The molecule has 1 aliphatic heterocycles. The summed E-state index contributed by atoms with van der Waals surface area (Å²) in [5.41, 5.74) is 5.96. The van der Waals surface area contributed by atoms with Crippen molar-refractivity contribution in [3.63, 3.8) is 0 Å². The predicted molar refractivity (Wildman–Crippen MR) is 87.5 cm³/mol. The van der Waals surface area contributed by atoms with Crippen LogP contribution in [0.25, 0.3) is 0 Å². The van der Waals surface area contributed by atoms with Gasteiger partial charge in [0.25, 0.3) is 0 Å². The molecule has 1 unspecified atom stereocenters. The predicted octanol–water partition coefficient (Wildman–Crippen LogP) is 3.95. The second-order valence-corrected chi connectivity index (χ2v) is 6.85. The fraction of sp³-hybridized carbons (Fsp3) is 0.667. The van der Waals surface area contributed by atoms with Gasteiger partial charge < -0.3 is 4.74 Å². The molecular formula is C18H26N2O2. The van der Waals surface area contributed by atoms with Crippen LogP contribution >= 0.6 is 0 Å². The largest absolute Gasteiger partial charge is 0.446 e. The lowest BCUT2D eigenvalue weighted by Crippen LogP contribution is -2.44. The molecule has 4 heteroatoms. The Labute approximate surface area is 132 Å². The van der Waals surface area contributed by atoms with Crippen LogP contribution in [0.4, 0.5) is 10.5 Å². The van der Waals surface area contributed by atoms with Gasteiger partial charge in [0.2, 0.25) is 0 Å². The van der Waals surface area contributed by atoms with E-state index >= 15 is 0 Å². The van der Waals surface area contributed by atoms with Crippen LogP contribution in [0.1, 0.15) is 62.5 Å². The number of aromatic nitrogens is 1. The fourth-order valence-corrected chi connectivity index (χ4v) is 3.71. The Bertz CT molecular complexity index is 595. The van der Waals surface area contributed by atoms with Crippen LogP contribution < -0.4 is 4.90 Å². The molecular weight excluding hydrogens is 276 g/mol. The Hall–Kier alpha value is -1.58. The Morgan fingerprint density at radius 2 is 1.95 bits per heavy atom. The van der Waals surface area contributed by atoms with Gasteiger partial charge in [0.1, 0.15) is 0 Å². The molecule has 0 N–H and O–H groups in total. The van der Waals surface area contributed by atoms with Crippen LogP contribution in [0.15, 0.2) is 0 Å². The van der Waals surface area contributed by atoms with E-state index in [0.717, 1.165) is 37.1 Å². The maximum Gasteiger partial charge on any atom is 0.414 e. The van der Waals surface area contributed by atoms with Crippen molar-refractivity contribution >= 4 is 11.8 Å². The molecule has 22 heavy (non-hydrogen) atoms. The number of carbonyl (C=O) groups excluding carboxylic acids is 1. The quantitative estimate of drug-likeness (QED) is 0.788. The number of hydrogen-bond donors (Lipinski definition) is 0. The summed E-state index contributed by atoms with van der Waals surface area (Å²) < 4.78 is 5.48. The molecule has 1 aromatic rings. The minimum absolute atomic E-state index is 0.101. The third-order valence-corrected chi connectivity index (χ3v) is 4.80. The summed E-state index contributed by atoms with van der Waals surface area (Å²) in [6.45, 7) is 8.04. The first-order valence-corrected chi connectivity index (χ1v) is 8.50. The highest BCUT2D eigenvalue weighted by atomic mass is 16.6. The Kier molecular flexibility index (Phi) is 4.11. The van der Waals surface area contributed by atoms with E-state index in [1.165, 1.54) is 29.7 Å². The summed E-state index contributed by atoms with van der Waals surface area (Å²) in [6.07, 6.45) is 6.19. The Morgan fingerprint density at radius 3 is 2.68 bits per heavy atom. The number of fused-ring (bicyclic) bond motifs is 2. The zero-order valence-corrected chi connectivity index (χ0v) is 14.1. The van der Waals surface area contributed by atoms with Gasteiger partial charge in [0.15, 0.2) is 0 Å². The molecule has 0 saturated carbocycles. The molecule has 0 radical (unpaired) electrons. The summed E-state index contributed by atoms with van der Waals surface area (Å²) in [5.74, 6) is 0. The number of amides is 1. The number of anilines is 1. The average molecular weight is 302 g/mol. The monoisotopic (exact) mass is 302 g/mol. The molecule has 1 aliphatic carbocycles. The second-order valence-electron chi connectivity index (χ2n) is 6.85. The van der Waals surface area contributed by atoms with Gasteiger partial charge in [-0.05, 0) is 77.3 Å². The molecule has 4 nitrogen and oxygen atoms in total. The normalized spacial score (nSPS) is 20.6. The van der Waals surface area contributed by atoms with E-state index in [1.54, 1.807) is 0 Å². The third-order valence-electron chi connectivity index (χ3n) is 4.80. The van der Waals surface area contributed by atoms with Crippen molar-refractivity contribution in [2.45, 2.75) is 78.4 Å². The number of ether oxygens (including phenoxy) is 1. The Balaban J connectivity index is 2.07. The lowest BCUT2D eigenvalue weighted by Gasteiger charge is -2.37. The van der Waals surface area contributed by atoms with E-state index < -0.39 is 0 Å². The van der Waals surface area contributed by atoms with E-state index in [-0.39, 0.29) is 18.2 Å². The standard InChI is InChI=1S/C18H26N2O2/c1-11(2)22-18(21)20-12(3)9-10-16-17(20)13(4)14-7-5-6-8-15(14)19-16/h11-12H,5-10H2,1-4H3. The lowest BCUT2D eigenvalue weighted by molar-refractivity contribution is 0.120. The number of carbonyl (C=O) groups is 1. The van der Waals surface area contributed by atoms with Gasteiger partial charge in [0, 0.05) is 11.7 Å². The summed E-state index contributed by atoms with van der Waals surface area (Å²) in [6, 6.07) is 0.167. The first-order chi connectivity index (χ1) is 10.5. The van der Waals surface area contributed by atoms with E-state index in [0.29, 0.717) is 0 Å². The van der Waals surface area contributed by atoms with Gasteiger partial charge in [-0.25, -0.2) is 4.79 Å². The highest BCUT2D eigenvalue weighted by molar-refractivity contribution is 5.91. The van der Waals surface area contributed by atoms with Crippen molar-refractivity contribution in [2.75, 3.05) is 4.90 Å².